The maximum absolute atomic E-state index is 11.6. The Kier molecular flexibility index (Phi) is 22.7. The Labute approximate surface area is 361 Å². The molecular weight excluding hydrogens is 826 g/mol. The van der Waals surface area contributed by atoms with E-state index in [1.165, 1.54) is 111 Å². The van der Waals surface area contributed by atoms with E-state index in [1.807, 2.05) is 24.3 Å². The number of hydrogen-bond acceptors (Lipinski definition) is 6. The van der Waals surface area contributed by atoms with Crippen molar-refractivity contribution in [2.45, 2.75) is 166 Å². The fourth-order valence-electron chi connectivity index (χ4n) is 7.11. The first kappa shape index (κ1) is 47.9. The van der Waals surface area contributed by atoms with Crippen molar-refractivity contribution in [3.05, 3.63) is 82.9 Å². The Morgan fingerprint density at radius 2 is 0.698 bits per heavy atom. The number of fused-ring (bicyclic) bond motifs is 2. The van der Waals surface area contributed by atoms with Crippen LogP contribution in [0, 0.1) is 0 Å². The van der Waals surface area contributed by atoms with Gasteiger partial charge < -0.3 is 9.11 Å². The summed E-state index contributed by atoms with van der Waals surface area (Å²) in [5.41, 5.74) is 5.04. The largest absolute Gasteiger partial charge is 2.00 e. The topological polar surface area (TPSA) is 114 Å². The molecule has 9 heteroatoms. The molecule has 0 aliphatic rings. The average molecular weight is 888 g/mol. The number of unbranched alkanes of at least 4 members (excludes halogenated alkanes) is 12. The van der Waals surface area contributed by atoms with E-state index >= 15 is 0 Å². The summed E-state index contributed by atoms with van der Waals surface area (Å²) in [4.78, 5) is -0.190. The van der Waals surface area contributed by atoms with Crippen LogP contribution in [0.4, 0.5) is 0 Å². The fraction of sp³-hybridized carbons (Fsp3) is 0.545. The summed E-state index contributed by atoms with van der Waals surface area (Å²) in [7, 11) is -8.92. The van der Waals surface area contributed by atoms with Crippen molar-refractivity contribution in [1.29, 1.82) is 0 Å². The van der Waals surface area contributed by atoms with E-state index in [9.17, 15) is 25.9 Å². The molecule has 0 saturated carbocycles. The van der Waals surface area contributed by atoms with Crippen LogP contribution in [0.25, 0.3) is 21.5 Å². The molecule has 0 radical (unpaired) electrons. The van der Waals surface area contributed by atoms with Crippen LogP contribution in [0.5, 0.6) is 0 Å². The summed E-state index contributed by atoms with van der Waals surface area (Å²) in [5, 5.41) is 2.85. The normalized spacial score (nSPS) is 11.7. The Morgan fingerprint density at radius 3 is 0.962 bits per heavy atom. The van der Waals surface area contributed by atoms with Gasteiger partial charge in [-0.3, -0.25) is 0 Å². The van der Waals surface area contributed by atoms with Crippen molar-refractivity contribution in [2.75, 3.05) is 0 Å². The van der Waals surface area contributed by atoms with E-state index < -0.39 is 20.2 Å². The molecular formula is C44H62BaO6S2. The van der Waals surface area contributed by atoms with Crippen molar-refractivity contribution in [3.8, 4) is 0 Å². The molecule has 4 aromatic rings. The summed E-state index contributed by atoms with van der Waals surface area (Å²) < 4.78 is 69.8. The van der Waals surface area contributed by atoms with E-state index in [0.717, 1.165) is 62.1 Å². The monoisotopic (exact) mass is 888 g/mol. The molecule has 0 heterocycles. The van der Waals surface area contributed by atoms with Crippen molar-refractivity contribution < 1.29 is 25.9 Å². The minimum absolute atomic E-state index is 0. The standard InChI is InChI=1S/2C22H32O3S.Ba/c2*1-3-5-7-9-12-18-16-20-14-11-15-22(26(23,24)25)21(20)17-19(18)13-10-8-6-4-2;/h2*11,14-17H,3-10,12-13H2,1-2H3,(H,23,24,25);/q;;+2/p-2. The molecule has 0 unspecified atom stereocenters. The molecule has 0 aliphatic carbocycles. The zero-order valence-corrected chi connectivity index (χ0v) is 39.0. The van der Waals surface area contributed by atoms with E-state index in [1.54, 1.807) is 12.1 Å². The molecule has 0 atom stereocenters. The molecule has 6 nitrogen and oxygen atoms in total. The summed E-state index contributed by atoms with van der Waals surface area (Å²) in [5.74, 6) is 0. The van der Waals surface area contributed by atoms with Crippen LogP contribution in [0.1, 0.15) is 153 Å². The summed E-state index contributed by atoms with van der Waals surface area (Å²) in [6, 6.07) is 18.1. The minimum Gasteiger partial charge on any atom is -0.744 e. The smallest absolute Gasteiger partial charge is 0.744 e. The van der Waals surface area contributed by atoms with E-state index in [2.05, 4.69) is 39.8 Å². The van der Waals surface area contributed by atoms with Crippen LogP contribution in [-0.4, -0.2) is 74.8 Å². The number of benzene rings is 4. The van der Waals surface area contributed by atoms with Crippen LogP contribution >= 0.6 is 0 Å². The van der Waals surface area contributed by atoms with Gasteiger partial charge in [0.15, 0.2) is 0 Å². The van der Waals surface area contributed by atoms with Gasteiger partial charge in [-0.25, -0.2) is 16.8 Å². The molecule has 288 valence electrons. The van der Waals surface area contributed by atoms with Gasteiger partial charge in [-0.1, -0.05) is 141 Å². The maximum Gasteiger partial charge on any atom is 2.00 e. The van der Waals surface area contributed by atoms with Gasteiger partial charge in [-0.15, -0.1) is 0 Å². The Bertz CT molecular complexity index is 1770. The quantitative estimate of drug-likeness (QED) is 0.0441. The van der Waals surface area contributed by atoms with Gasteiger partial charge in [0.2, 0.25) is 0 Å². The van der Waals surface area contributed by atoms with Crippen molar-refractivity contribution in [3.63, 3.8) is 0 Å². The third-order valence-corrected chi connectivity index (χ3v) is 11.8. The van der Waals surface area contributed by atoms with Gasteiger partial charge in [0.25, 0.3) is 0 Å². The van der Waals surface area contributed by atoms with Crippen LogP contribution in [0.15, 0.2) is 70.5 Å². The van der Waals surface area contributed by atoms with E-state index in [-0.39, 0.29) is 58.7 Å². The van der Waals surface area contributed by atoms with Crippen LogP contribution in [0.2, 0.25) is 0 Å². The van der Waals surface area contributed by atoms with Gasteiger partial charge >= 0.3 is 48.9 Å². The second-order valence-corrected chi connectivity index (χ2v) is 17.0. The zero-order chi connectivity index (χ0) is 38.0. The van der Waals surface area contributed by atoms with Crippen molar-refractivity contribution >= 4 is 90.7 Å². The molecule has 0 saturated heterocycles. The van der Waals surface area contributed by atoms with Gasteiger partial charge in [-0.05, 0) is 119 Å². The SMILES string of the molecule is CCCCCCc1cc2cccc(S(=O)(=O)[O-])c2cc1CCCCCC.CCCCCCc1cc2cccc(S(=O)(=O)[O-])c2cc1CCCCCC.[Ba+2]. The minimum atomic E-state index is -4.46. The van der Waals surface area contributed by atoms with Crippen molar-refractivity contribution in [2.24, 2.45) is 0 Å². The van der Waals surface area contributed by atoms with E-state index in [4.69, 9.17) is 0 Å². The molecule has 0 aromatic heterocycles. The predicted molar refractivity (Wildman–Crippen MR) is 221 cm³/mol. The van der Waals surface area contributed by atoms with Crippen LogP contribution in [-0.2, 0) is 45.9 Å². The first-order valence-electron chi connectivity index (χ1n) is 19.9. The van der Waals surface area contributed by atoms with Crippen LogP contribution < -0.4 is 0 Å². The molecule has 0 spiro atoms. The molecule has 4 rings (SSSR count). The zero-order valence-electron chi connectivity index (χ0n) is 32.9. The third-order valence-electron chi connectivity index (χ3n) is 10.1. The molecule has 53 heavy (non-hydrogen) atoms. The number of aryl methyl sites for hydroxylation is 4. The number of rotatable bonds is 22. The summed E-state index contributed by atoms with van der Waals surface area (Å²) in [6.45, 7) is 8.81. The second-order valence-electron chi connectivity index (χ2n) is 14.3. The summed E-state index contributed by atoms with van der Waals surface area (Å²) in [6.07, 6.45) is 23.0. The Hall–Kier alpha value is -1.21. The van der Waals surface area contributed by atoms with Gasteiger partial charge in [-0.2, -0.15) is 0 Å². The average Bonchev–Trinajstić information content (AvgIpc) is 3.11. The first-order valence-corrected chi connectivity index (χ1v) is 22.8. The van der Waals surface area contributed by atoms with Gasteiger partial charge in [0, 0.05) is 0 Å². The van der Waals surface area contributed by atoms with Crippen LogP contribution in [0.3, 0.4) is 0 Å². The molecule has 0 fully saturated rings. The molecule has 0 aliphatic heterocycles. The Morgan fingerprint density at radius 1 is 0.415 bits per heavy atom. The second kappa shape index (κ2) is 25.1. The molecule has 0 amide bonds. The first-order chi connectivity index (χ1) is 24.9. The maximum atomic E-state index is 11.6. The van der Waals surface area contributed by atoms with Crippen molar-refractivity contribution in [1.82, 2.24) is 0 Å². The van der Waals surface area contributed by atoms with Gasteiger partial charge in [0.05, 0.1) is 9.79 Å². The molecule has 4 aromatic carbocycles. The Balaban J connectivity index is 0.000000360. The van der Waals surface area contributed by atoms with E-state index in [0.29, 0.717) is 10.8 Å². The van der Waals surface area contributed by atoms with Gasteiger partial charge in [0.1, 0.15) is 20.2 Å². The fourth-order valence-corrected chi connectivity index (χ4v) is 8.50. The summed E-state index contributed by atoms with van der Waals surface area (Å²) >= 11 is 0. The molecule has 0 N–H and O–H groups in total. The third kappa shape index (κ3) is 16.1. The predicted octanol–water partition coefficient (Wildman–Crippen LogP) is 11.6. The number of hydrogen-bond donors (Lipinski definition) is 0. The molecule has 0 bridgehead atoms.